The van der Waals surface area contributed by atoms with E-state index in [2.05, 4.69) is 0 Å². The zero-order valence-electron chi connectivity index (χ0n) is 12.8. The topological polar surface area (TPSA) is 66.9 Å². The number of imide groups is 1. The number of hydrogen-bond acceptors (Lipinski definition) is 5. The first-order chi connectivity index (χ1) is 11.6. The first-order valence-electron chi connectivity index (χ1n) is 7.66. The number of hydrogen-bond donors (Lipinski definition) is 0. The standard InChI is InChI=1S/C18H14N2O4/c21-16(11-19-10-9-12-5-1-4-8-15(12)19)24-20-17(22)13-6-2-3-7-14(13)18(20)23/h1-8H,9-11H2. The Bertz CT molecular complexity index is 827. The molecule has 0 bridgehead atoms. The number of benzene rings is 2. The van der Waals surface area contributed by atoms with Gasteiger partial charge in [-0.05, 0) is 30.2 Å². The highest BCUT2D eigenvalue weighted by molar-refractivity contribution is 6.20. The molecule has 2 aromatic carbocycles. The third-order valence-electron chi connectivity index (χ3n) is 4.25. The summed E-state index contributed by atoms with van der Waals surface area (Å²) in [7, 11) is 0. The van der Waals surface area contributed by atoms with Gasteiger partial charge in [-0.3, -0.25) is 9.59 Å². The molecule has 120 valence electrons. The average molecular weight is 322 g/mol. The maximum absolute atomic E-state index is 12.2. The van der Waals surface area contributed by atoms with Crippen LogP contribution in [0.25, 0.3) is 0 Å². The van der Waals surface area contributed by atoms with E-state index in [9.17, 15) is 14.4 Å². The molecule has 2 aliphatic heterocycles. The number of para-hydroxylation sites is 1. The first kappa shape index (κ1) is 14.4. The molecule has 0 aromatic heterocycles. The van der Waals surface area contributed by atoms with E-state index in [4.69, 9.17) is 4.84 Å². The Morgan fingerprint density at radius 3 is 2.29 bits per heavy atom. The second kappa shape index (κ2) is 5.49. The van der Waals surface area contributed by atoms with E-state index >= 15 is 0 Å². The molecular weight excluding hydrogens is 308 g/mol. The van der Waals surface area contributed by atoms with E-state index in [1.807, 2.05) is 29.2 Å². The Morgan fingerprint density at radius 2 is 1.58 bits per heavy atom. The van der Waals surface area contributed by atoms with Gasteiger partial charge in [0.05, 0.1) is 11.1 Å². The lowest BCUT2D eigenvalue weighted by atomic mass is 10.1. The minimum atomic E-state index is -0.638. The van der Waals surface area contributed by atoms with Crippen molar-refractivity contribution in [3.63, 3.8) is 0 Å². The van der Waals surface area contributed by atoms with Crippen LogP contribution in [0.15, 0.2) is 48.5 Å². The second-order valence-corrected chi connectivity index (χ2v) is 5.71. The predicted molar refractivity (Wildman–Crippen MR) is 85.4 cm³/mol. The number of carbonyl (C=O) groups is 3. The summed E-state index contributed by atoms with van der Waals surface area (Å²) in [5.41, 5.74) is 2.66. The number of anilines is 1. The van der Waals surface area contributed by atoms with Crippen molar-refractivity contribution in [2.45, 2.75) is 6.42 Å². The summed E-state index contributed by atoms with van der Waals surface area (Å²) < 4.78 is 0. The number of rotatable bonds is 3. The Hall–Kier alpha value is -3.15. The summed E-state index contributed by atoms with van der Waals surface area (Å²) in [4.78, 5) is 43.5. The molecular formula is C18H14N2O4. The molecule has 2 aromatic rings. The van der Waals surface area contributed by atoms with Crippen LogP contribution in [0.4, 0.5) is 5.69 Å². The number of amides is 2. The highest BCUT2D eigenvalue weighted by atomic mass is 16.7. The molecule has 0 radical (unpaired) electrons. The molecule has 0 saturated carbocycles. The molecule has 6 nitrogen and oxygen atoms in total. The molecule has 0 saturated heterocycles. The number of carbonyl (C=O) groups excluding carboxylic acids is 3. The van der Waals surface area contributed by atoms with Crippen LogP contribution in [0, 0.1) is 0 Å². The Balaban J connectivity index is 1.47. The minimum Gasteiger partial charge on any atom is -0.360 e. The summed E-state index contributed by atoms with van der Waals surface area (Å²) in [5, 5.41) is 0.551. The van der Waals surface area contributed by atoms with Crippen LogP contribution in [0.2, 0.25) is 0 Å². The van der Waals surface area contributed by atoms with Gasteiger partial charge in [0.1, 0.15) is 6.54 Å². The third kappa shape index (κ3) is 2.23. The molecule has 0 aliphatic carbocycles. The maximum atomic E-state index is 12.2. The first-order valence-corrected chi connectivity index (χ1v) is 7.66. The zero-order valence-corrected chi connectivity index (χ0v) is 12.8. The van der Waals surface area contributed by atoms with Crippen molar-refractivity contribution in [1.29, 1.82) is 0 Å². The summed E-state index contributed by atoms with van der Waals surface area (Å²) in [6.07, 6.45) is 0.858. The maximum Gasteiger partial charge on any atom is 0.352 e. The molecule has 24 heavy (non-hydrogen) atoms. The lowest BCUT2D eigenvalue weighted by Crippen LogP contribution is -2.37. The minimum absolute atomic E-state index is 0.00951. The van der Waals surface area contributed by atoms with E-state index in [1.165, 1.54) is 5.56 Å². The largest absolute Gasteiger partial charge is 0.360 e. The summed E-state index contributed by atoms with van der Waals surface area (Å²) in [5.74, 6) is -1.85. The third-order valence-corrected chi connectivity index (χ3v) is 4.25. The van der Waals surface area contributed by atoms with Gasteiger partial charge >= 0.3 is 5.97 Å². The molecule has 0 atom stereocenters. The Kier molecular flexibility index (Phi) is 3.30. The monoisotopic (exact) mass is 322 g/mol. The van der Waals surface area contributed by atoms with Gasteiger partial charge < -0.3 is 9.74 Å². The van der Waals surface area contributed by atoms with Gasteiger partial charge in [0.2, 0.25) is 0 Å². The van der Waals surface area contributed by atoms with Gasteiger partial charge in [-0.1, -0.05) is 35.4 Å². The SMILES string of the molecule is O=C(CN1CCc2ccccc21)ON1C(=O)c2ccccc2C1=O. The van der Waals surface area contributed by atoms with Gasteiger partial charge in [0, 0.05) is 12.2 Å². The highest BCUT2D eigenvalue weighted by Crippen LogP contribution is 2.27. The molecule has 2 aliphatic rings. The van der Waals surface area contributed by atoms with E-state index < -0.39 is 17.8 Å². The van der Waals surface area contributed by atoms with Crippen LogP contribution in [-0.2, 0) is 16.1 Å². The molecule has 0 spiro atoms. The predicted octanol–water partition coefficient (Wildman–Crippen LogP) is 1.80. The van der Waals surface area contributed by atoms with E-state index in [0.29, 0.717) is 11.6 Å². The summed E-state index contributed by atoms with van der Waals surface area (Å²) >= 11 is 0. The van der Waals surface area contributed by atoms with Gasteiger partial charge in [0.25, 0.3) is 11.8 Å². The van der Waals surface area contributed by atoms with Gasteiger partial charge in [-0.2, -0.15) is 0 Å². The van der Waals surface area contributed by atoms with Gasteiger partial charge in [-0.25, -0.2) is 4.79 Å². The Labute approximate surface area is 138 Å². The van der Waals surface area contributed by atoms with Crippen molar-refractivity contribution in [1.82, 2.24) is 5.06 Å². The molecule has 0 unspecified atom stereocenters. The molecule has 4 rings (SSSR count). The van der Waals surface area contributed by atoms with Crippen molar-refractivity contribution >= 4 is 23.5 Å². The smallest absolute Gasteiger partial charge is 0.352 e. The van der Waals surface area contributed by atoms with Crippen molar-refractivity contribution in [2.24, 2.45) is 0 Å². The molecule has 2 amide bonds. The van der Waals surface area contributed by atoms with Crippen molar-refractivity contribution in [3.05, 3.63) is 65.2 Å². The number of hydroxylamine groups is 2. The number of nitrogens with zero attached hydrogens (tertiary/aromatic N) is 2. The average Bonchev–Trinajstić information content (AvgIpc) is 3.11. The van der Waals surface area contributed by atoms with Crippen molar-refractivity contribution < 1.29 is 19.2 Å². The van der Waals surface area contributed by atoms with Gasteiger partial charge in [0.15, 0.2) is 0 Å². The fourth-order valence-electron chi connectivity index (χ4n) is 3.11. The van der Waals surface area contributed by atoms with Crippen LogP contribution >= 0.6 is 0 Å². The molecule has 2 heterocycles. The van der Waals surface area contributed by atoms with Gasteiger partial charge in [-0.15, -0.1) is 0 Å². The van der Waals surface area contributed by atoms with Crippen molar-refractivity contribution in [2.75, 3.05) is 18.0 Å². The highest BCUT2D eigenvalue weighted by Gasteiger charge is 2.38. The van der Waals surface area contributed by atoms with Crippen LogP contribution in [0.5, 0.6) is 0 Å². The normalized spacial score (nSPS) is 15.5. The summed E-state index contributed by atoms with van der Waals surface area (Å²) in [6, 6.07) is 14.2. The van der Waals surface area contributed by atoms with E-state index in [-0.39, 0.29) is 17.7 Å². The van der Waals surface area contributed by atoms with E-state index in [0.717, 1.165) is 12.1 Å². The molecule has 0 fully saturated rings. The quantitative estimate of drug-likeness (QED) is 0.806. The van der Waals surface area contributed by atoms with E-state index in [1.54, 1.807) is 24.3 Å². The lowest BCUT2D eigenvalue weighted by molar-refractivity contribution is -0.166. The summed E-state index contributed by atoms with van der Waals surface area (Å²) in [6.45, 7) is 0.695. The zero-order chi connectivity index (χ0) is 16.7. The Morgan fingerprint density at radius 1 is 0.958 bits per heavy atom. The fraction of sp³-hybridized carbons (Fsp3) is 0.167. The second-order valence-electron chi connectivity index (χ2n) is 5.71. The number of fused-ring (bicyclic) bond motifs is 2. The van der Waals surface area contributed by atoms with Crippen LogP contribution in [-0.4, -0.2) is 35.9 Å². The molecule has 6 heteroatoms. The lowest BCUT2D eigenvalue weighted by Gasteiger charge is -2.19. The van der Waals surface area contributed by atoms with Crippen LogP contribution in [0.3, 0.4) is 0 Å². The van der Waals surface area contributed by atoms with Crippen molar-refractivity contribution in [3.8, 4) is 0 Å². The fourth-order valence-corrected chi connectivity index (χ4v) is 3.11. The van der Waals surface area contributed by atoms with Crippen LogP contribution in [0.1, 0.15) is 26.3 Å². The molecule has 0 N–H and O–H groups in total. The van der Waals surface area contributed by atoms with Crippen LogP contribution < -0.4 is 4.90 Å².